The summed E-state index contributed by atoms with van der Waals surface area (Å²) in [5.74, 6) is 0.558. The van der Waals surface area contributed by atoms with Crippen molar-refractivity contribution < 1.29 is 9.53 Å². The lowest BCUT2D eigenvalue weighted by molar-refractivity contribution is 0.0497. The molecule has 1 unspecified atom stereocenters. The Morgan fingerprint density at radius 1 is 0.903 bits per heavy atom. The molecule has 0 aliphatic carbocycles. The lowest BCUT2D eigenvalue weighted by atomic mass is 10.0. The molecular formula is C28H41NO2. The summed E-state index contributed by atoms with van der Waals surface area (Å²) in [7, 11) is 0. The first kappa shape index (κ1) is 25.1. The Hall–Kier alpha value is -2.16. The average molecular weight is 424 g/mol. The lowest BCUT2D eigenvalue weighted by Crippen LogP contribution is -2.06. The summed E-state index contributed by atoms with van der Waals surface area (Å²) >= 11 is 0. The molecule has 1 atom stereocenters. The topological polar surface area (TPSA) is 39.2 Å². The zero-order valence-corrected chi connectivity index (χ0v) is 19.9. The number of ether oxygens (including phenoxy) is 1. The maximum absolute atomic E-state index is 12.3. The normalized spacial score (nSPS) is 12.0. The van der Waals surface area contributed by atoms with E-state index in [-0.39, 0.29) is 5.97 Å². The van der Waals surface area contributed by atoms with Gasteiger partial charge >= 0.3 is 5.97 Å². The highest BCUT2D eigenvalue weighted by molar-refractivity contribution is 5.90. The van der Waals surface area contributed by atoms with E-state index in [9.17, 15) is 4.79 Å². The van der Waals surface area contributed by atoms with E-state index in [4.69, 9.17) is 4.74 Å². The van der Waals surface area contributed by atoms with E-state index >= 15 is 0 Å². The molecule has 2 aromatic rings. The maximum Gasteiger partial charge on any atom is 0.338 e. The van der Waals surface area contributed by atoms with Crippen LogP contribution < -0.4 is 0 Å². The van der Waals surface area contributed by atoms with Crippen LogP contribution in [0.2, 0.25) is 0 Å². The van der Waals surface area contributed by atoms with Gasteiger partial charge in [-0.25, -0.2) is 4.79 Å². The van der Waals surface area contributed by atoms with Crippen LogP contribution >= 0.6 is 0 Å². The van der Waals surface area contributed by atoms with Gasteiger partial charge in [0.1, 0.15) is 0 Å². The predicted molar refractivity (Wildman–Crippen MR) is 130 cm³/mol. The van der Waals surface area contributed by atoms with E-state index in [2.05, 4.69) is 37.9 Å². The van der Waals surface area contributed by atoms with Crippen LogP contribution in [0.4, 0.5) is 0 Å². The van der Waals surface area contributed by atoms with Gasteiger partial charge in [0.2, 0.25) is 0 Å². The zero-order valence-electron chi connectivity index (χ0n) is 19.9. The molecule has 170 valence electrons. The van der Waals surface area contributed by atoms with E-state index in [0.717, 1.165) is 36.4 Å². The number of benzene rings is 1. The molecule has 1 aromatic heterocycles. The number of pyridine rings is 1. The molecule has 2 rings (SSSR count). The Bertz CT molecular complexity index is 737. The molecule has 0 radical (unpaired) electrons. The number of nitrogens with zero attached hydrogens (tertiary/aromatic N) is 1. The van der Waals surface area contributed by atoms with Crippen molar-refractivity contribution in [1.82, 2.24) is 4.98 Å². The molecule has 3 heteroatoms. The largest absolute Gasteiger partial charge is 0.462 e. The average Bonchev–Trinajstić information content (AvgIpc) is 2.81. The van der Waals surface area contributed by atoms with Gasteiger partial charge in [-0.05, 0) is 48.9 Å². The quantitative estimate of drug-likeness (QED) is 0.215. The smallest absolute Gasteiger partial charge is 0.338 e. The minimum absolute atomic E-state index is 0.236. The fourth-order valence-electron chi connectivity index (χ4n) is 3.68. The van der Waals surface area contributed by atoms with E-state index in [1.165, 1.54) is 56.9 Å². The standard InChI is InChI=1S/C28H41NO2/c1-4-6-7-8-11-14-24-15-20-27(29-22-24)25-16-18-26(19-17-25)28(30)31-21-12-9-10-13-23(3)5-2/h15-20,22-23H,4-14,21H2,1-3H3. The third-order valence-corrected chi connectivity index (χ3v) is 6.08. The molecule has 0 aliphatic heterocycles. The van der Waals surface area contributed by atoms with Gasteiger partial charge in [0, 0.05) is 11.8 Å². The third-order valence-electron chi connectivity index (χ3n) is 6.08. The lowest BCUT2D eigenvalue weighted by Gasteiger charge is -2.08. The zero-order chi connectivity index (χ0) is 22.3. The summed E-state index contributed by atoms with van der Waals surface area (Å²) in [4.78, 5) is 16.9. The minimum atomic E-state index is -0.236. The Morgan fingerprint density at radius 2 is 1.65 bits per heavy atom. The Kier molecular flexibility index (Phi) is 12.0. The van der Waals surface area contributed by atoms with Crippen LogP contribution in [0.1, 0.15) is 101 Å². The molecule has 0 spiro atoms. The highest BCUT2D eigenvalue weighted by atomic mass is 16.5. The second kappa shape index (κ2) is 14.8. The molecule has 3 nitrogen and oxygen atoms in total. The van der Waals surface area contributed by atoms with Crippen molar-refractivity contribution in [3.63, 3.8) is 0 Å². The summed E-state index contributed by atoms with van der Waals surface area (Å²) in [6.45, 7) is 7.28. The fourth-order valence-corrected chi connectivity index (χ4v) is 3.68. The number of rotatable bonds is 15. The van der Waals surface area contributed by atoms with E-state index in [0.29, 0.717) is 12.2 Å². The van der Waals surface area contributed by atoms with E-state index in [1.807, 2.05) is 30.5 Å². The number of unbranched alkanes of at least 4 members (excludes halogenated alkanes) is 6. The Labute approximate surface area is 189 Å². The van der Waals surface area contributed by atoms with E-state index < -0.39 is 0 Å². The molecule has 0 fully saturated rings. The van der Waals surface area contributed by atoms with Gasteiger partial charge in [-0.15, -0.1) is 0 Å². The van der Waals surface area contributed by atoms with Gasteiger partial charge in [-0.2, -0.15) is 0 Å². The SMILES string of the molecule is CCCCCCCc1ccc(-c2ccc(C(=O)OCCCCCC(C)CC)cc2)nc1. The second-order valence-electron chi connectivity index (χ2n) is 8.79. The number of carbonyl (C=O) groups is 1. The second-order valence-corrected chi connectivity index (χ2v) is 8.79. The van der Waals surface area contributed by atoms with Crippen LogP contribution in [0.3, 0.4) is 0 Å². The van der Waals surface area contributed by atoms with Crippen LogP contribution in [-0.4, -0.2) is 17.6 Å². The highest BCUT2D eigenvalue weighted by Gasteiger charge is 2.08. The van der Waals surface area contributed by atoms with Crippen molar-refractivity contribution >= 4 is 5.97 Å². The molecule has 1 heterocycles. The highest BCUT2D eigenvalue weighted by Crippen LogP contribution is 2.19. The van der Waals surface area contributed by atoms with Crippen LogP contribution in [0.5, 0.6) is 0 Å². The molecule has 0 N–H and O–H groups in total. The first-order valence-electron chi connectivity index (χ1n) is 12.4. The van der Waals surface area contributed by atoms with Crippen molar-refractivity contribution in [2.24, 2.45) is 5.92 Å². The molecule has 31 heavy (non-hydrogen) atoms. The summed E-state index contributed by atoms with van der Waals surface area (Å²) < 4.78 is 5.43. The summed E-state index contributed by atoms with van der Waals surface area (Å²) in [5, 5.41) is 0. The van der Waals surface area contributed by atoms with Crippen molar-refractivity contribution in [2.75, 3.05) is 6.61 Å². The van der Waals surface area contributed by atoms with Crippen LogP contribution in [0, 0.1) is 5.92 Å². The number of esters is 1. The van der Waals surface area contributed by atoms with Gasteiger partial charge in [-0.1, -0.05) is 90.3 Å². The predicted octanol–water partition coefficient (Wildman–Crippen LogP) is 8.02. The first-order chi connectivity index (χ1) is 15.1. The number of aryl methyl sites for hydroxylation is 1. The molecule has 0 aliphatic rings. The number of aromatic nitrogens is 1. The third kappa shape index (κ3) is 9.67. The van der Waals surface area contributed by atoms with Crippen molar-refractivity contribution in [1.29, 1.82) is 0 Å². The number of hydrogen-bond acceptors (Lipinski definition) is 3. The van der Waals surface area contributed by atoms with Crippen molar-refractivity contribution in [2.45, 2.75) is 91.4 Å². The summed E-state index contributed by atoms with van der Waals surface area (Å²) in [6.07, 6.45) is 15.3. The molecule has 1 aromatic carbocycles. The molecular weight excluding hydrogens is 382 g/mol. The molecule has 0 saturated carbocycles. The van der Waals surface area contributed by atoms with Gasteiger partial charge in [0.15, 0.2) is 0 Å². The monoisotopic (exact) mass is 423 g/mol. The van der Waals surface area contributed by atoms with Crippen LogP contribution in [0.15, 0.2) is 42.6 Å². The first-order valence-corrected chi connectivity index (χ1v) is 12.4. The van der Waals surface area contributed by atoms with Gasteiger partial charge in [-0.3, -0.25) is 4.98 Å². The van der Waals surface area contributed by atoms with Crippen molar-refractivity contribution in [3.05, 3.63) is 53.7 Å². The van der Waals surface area contributed by atoms with E-state index in [1.54, 1.807) is 0 Å². The van der Waals surface area contributed by atoms with Crippen molar-refractivity contribution in [3.8, 4) is 11.3 Å². The maximum atomic E-state index is 12.3. The Balaban J connectivity index is 1.73. The van der Waals surface area contributed by atoms with Crippen LogP contribution in [0.25, 0.3) is 11.3 Å². The van der Waals surface area contributed by atoms with Gasteiger partial charge in [0.05, 0.1) is 17.9 Å². The molecule has 0 bridgehead atoms. The minimum Gasteiger partial charge on any atom is -0.462 e. The number of hydrogen-bond donors (Lipinski definition) is 0. The van der Waals surface area contributed by atoms with Gasteiger partial charge in [0.25, 0.3) is 0 Å². The van der Waals surface area contributed by atoms with Crippen LogP contribution in [-0.2, 0) is 11.2 Å². The van der Waals surface area contributed by atoms with Gasteiger partial charge < -0.3 is 4.74 Å². The summed E-state index contributed by atoms with van der Waals surface area (Å²) in [5.41, 5.74) is 3.86. The molecule has 0 saturated heterocycles. The summed E-state index contributed by atoms with van der Waals surface area (Å²) in [6, 6.07) is 11.8. The molecule has 0 amide bonds. The number of carbonyl (C=O) groups excluding carboxylic acids is 1. The Morgan fingerprint density at radius 3 is 2.32 bits per heavy atom. The fraction of sp³-hybridized carbons (Fsp3) is 0.571.